The van der Waals surface area contributed by atoms with Crippen molar-refractivity contribution in [3.05, 3.63) is 65.5 Å². The van der Waals surface area contributed by atoms with Crippen molar-refractivity contribution >= 4 is 41.5 Å². The molecule has 2 aromatic rings. The van der Waals surface area contributed by atoms with Crippen LogP contribution in [0, 0.1) is 5.82 Å². The molecule has 1 atom stereocenters. The van der Waals surface area contributed by atoms with E-state index in [1.807, 2.05) is 30.3 Å². The zero-order chi connectivity index (χ0) is 18.4. The van der Waals surface area contributed by atoms with Crippen molar-refractivity contribution < 1.29 is 9.18 Å². The Kier molecular flexibility index (Phi) is 8.02. The Morgan fingerprint density at radius 2 is 2.04 bits per heavy atom. The fourth-order valence-electron chi connectivity index (χ4n) is 3.14. The first kappa shape index (κ1) is 21.1. The molecule has 5 nitrogen and oxygen atoms in total. The summed E-state index contributed by atoms with van der Waals surface area (Å²) in [6.45, 7) is 1.26. The number of carbonyl (C=O) groups excluding carboxylic acids is 1. The SMILES string of the molecule is CN=C(NCCc1cccc(F)c1)NCC1CC(=O)Nc2ccccc21.I. The van der Waals surface area contributed by atoms with E-state index >= 15 is 0 Å². The summed E-state index contributed by atoms with van der Waals surface area (Å²) in [5, 5.41) is 9.42. The number of rotatable bonds is 5. The van der Waals surface area contributed by atoms with E-state index in [1.165, 1.54) is 12.1 Å². The number of halogens is 2. The molecular formula is C20H24FIN4O. The third kappa shape index (κ3) is 5.92. The highest BCUT2D eigenvalue weighted by Crippen LogP contribution is 2.31. The van der Waals surface area contributed by atoms with Crippen molar-refractivity contribution in [2.45, 2.75) is 18.8 Å². The summed E-state index contributed by atoms with van der Waals surface area (Å²) in [4.78, 5) is 16.1. The first-order valence-electron chi connectivity index (χ1n) is 8.73. The zero-order valence-corrected chi connectivity index (χ0v) is 17.5. The number of carbonyl (C=O) groups is 1. The number of nitrogens with zero attached hydrogens (tertiary/aromatic N) is 1. The summed E-state index contributed by atoms with van der Waals surface area (Å²) < 4.78 is 13.2. The van der Waals surface area contributed by atoms with E-state index in [4.69, 9.17) is 0 Å². The molecule has 0 fully saturated rings. The van der Waals surface area contributed by atoms with Crippen LogP contribution in [0.1, 0.15) is 23.5 Å². The molecule has 1 aliphatic heterocycles. The number of anilines is 1. The van der Waals surface area contributed by atoms with E-state index in [0.717, 1.165) is 16.8 Å². The maximum Gasteiger partial charge on any atom is 0.225 e. The second-order valence-electron chi connectivity index (χ2n) is 6.30. The lowest BCUT2D eigenvalue weighted by molar-refractivity contribution is -0.116. The van der Waals surface area contributed by atoms with Gasteiger partial charge >= 0.3 is 0 Å². The smallest absolute Gasteiger partial charge is 0.225 e. The molecule has 3 N–H and O–H groups in total. The first-order valence-corrected chi connectivity index (χ1v) is 8.73. The van der Waals surface area contributed by atoms with Crippen LogP contribution >= 0.6 is 24.0 Å². The molecule has 0 saturated carbocycles. The Hall–Kier alpha value is -2.16. The van der Waals surface area contributed by atoms with E-state index < -0.39 is 0 Å². The molecule has 1 amide bonds. The van der Waals surface area contributed by atoms with Crippen LogP contribution in [0.15, 0.2) is 53.5 Å². The number of para-hydroxylation sites is 1. The third-order valence-corrected chi connectivity index (χ3v) is 4.44. The van der Waals surface area contributed by atoms with Crippen LogP contribution < -0.4 is 16.0 Å². The number of benzene rings is 2. The Bertz CT molecular complexity index is 812. The van der Waals surface area contributed by atoms with Crippen molar-refractivity contribution in [1.29, 1.82) is 0 Å². The minimum Gasteiger partial charge on any atom is -0.356 e. The normalized spacial score (nSPS) is 16.0. The molecule has 144 valence electrons. The quantitative estimate of drug-likeness (QED) is 0.348. The average molecular weight is 482 g/mol. The molecule has 0 aromatic heterocycles. The molecule has 0 spiro atoms. The van der Waals surface area contributed by atoms with Crippen LogP contribution in [-0.2, 0) is 11.2 Å². The lowest BCUT2D eigenvalue weighted by Crippen LogP contribution is -2.41. The van der Waals surface area contributed by atoms with Gasteiger partial charge in [-0.25, -0.2) is 4.39 Å². The van der Waals surface area contributed by atoms with Crippen molar-refractivity contribution in [2.75, 3.05) is 25.5 Å². The van der Waals surface area contributed by atoms with Gasteiger partial charge in [-0.1, -0.05) is 30.3 Å². The fourth-order valence-corrected chi connectivity index (χ4v) is 3.14. The van der Waals surface area contributed by atoms with Crippen LogP contribution in [0.5, 0.6) is 0 Å². The fraction of sp³-hybridized carbons (Fsp3) is 0.300. The summed E-state index contributed by atoms with van der Waals surface area (Å²) >= 11 is 0. The summed E-state index contributed by atoms with van der Waals surface area (Å²) in [5.74, 6) is 0.579. The second-order valence-corrected chi connectivity index (χ2v) is 6.30. The number of fused-ring (bicyclic) bond motifs is 1. The molecule has 1 aliphatic rings. The van der Waals surface area contributed by atoms with Crippen LogP contribution in [0.25, 0.3) is 0 Å². The molecular weight excluding hydrogens is 458 g/mol. The number of aliphatic imine (C=N–C) groups is 1. The molecule has 2 aromatic carbocycles. The van der Waals surface area contributed by atoms with Gasteiger partial charge in [0.15, 0.2) is 5.96 Å². The largest absolute Gasteiger partial charge is 0.356 e. The van der Waals surface area contributed by atoms with Gasteiger partial charge in [0.1, 0.15) is 5.82 Å². The number of guanidine groups is 1. The maximum absolute atomic E-state index is 13.2. The van der Waals surface area contributed by atoms with Crippen LogP contribution in [0.2, 0.25) is 0 Å². The minimum absolute atomic E-state index is 0. The summed E-state index contributed by atoms with van der Waals surface area (Å²) in [6.07, 6.45) is 1.15. The van der Waals surface area contributed by atoms with E-state index in [1.54, 1.807) is 13.1 Å². The molecule has 27 heavy (non-hydrogen) atoms. The second kappa shape index (κ2) is 10.2. The van der Waals surface area contributed by atoms with E-state index in [0.29, 0.717) is 31.9 Å². The minimum atomic E-state index is -0.223. The third-order valence-electron chi connectivity index (χ3n) is 4.44. The van der Waals surface area contributed by atoms with Gasteiger partial charge in [0.05, 0.1) is 0 Å². The van der Waals surface area contributed by atoms with Gasteiger partial charge in [-0.05, 0) is 35.7 Å². The van der Waals surface area contributed by atoms with E-state index in [9.17, 15) is 9.18 Å². The topological polar surface area (TPSA) is 65.5 Å². The van der Waals surface area contributed by atoms with Crippen molar-refractivity contribution in [1.82, 2.24) is 10.6 Å². The molecule has 1 heterocycles. The van der Waals surface area contributed by atoms with E-state index in [-0.39, 0.29) is 41.6 Å². The Balaban J connectivity index is 0.00000261. The number of hydrogen-bond donors (Lipinski definition) is 3. The van der Waals surface area contributed by atoms with Gasteiger partial charge in [0, 0.05) is 38.2 Å². The lowest BCUT2D eigenvalue weighted by atomic mass is 9.90. The average Bonchev–Trinajstić information content (AvgIpc) is 2.64. The molecule has 0 saturated heterocycles. The number of amides is 1. The van der Waals surface area contributed by atoms with Crippen LogP contribution in [0.3, 0.4) is 0 Å². The highest BCUT2D eigenvalue weighted by molar-refractivity contribution is 14.0. The van der Waals surface area contributed by atoms with Gasteiger partial charge in [-0.3, -0.25) is 9.79 Å². The Labute approximate surface area is 175 Å². The molecule has 0 aliphatic carbocycles. The van der Waals surface area contributed by atoms with Gasteiger partial charge < -0.3 is 16.0 Å². The van der Waals surface area contributed by atoms with Crippen LogP contribution in [0.4, 0.5) is 10.1 Å². The highest BCUT2D eigenvalue weighted by atomic mass is 127. The summed E-state index contributed by atoms with van der Waals surface area (Å²) in [5.41, 5.74) is 2.95. The zero-order valence-electron chi connectivity index (χ0n) is 15.2. The lowest BCUT2D eigenvalue weighted by Gasteiger charge is -2.26. The monoisotopic (exact) mass is 482 g/mol. The Morgan fingerprint density at radius 1 is 1.22 bits per heavy atom. The molecule has 0 radical (unpaired) electrons. The van der Waals surface area contributed by atoms with Crippen molar-refractivity contribution in [3.8, 4) is 0 Å². The predicted molar refractivity (Wildman–Crippen MR) is 117 cm³/mol. The Morgan fingerprint density at radius 3 is 2.81 bits per heavy atom. The van der Waals surface area contributed by atoms with E-state index in [2.05, 4.69) is 20.9 Å². The number of hydrogen-bond acceptors (Lipinski definition) is 2. The van der Waals surface area contributed by atoms with Gasteiger partial charge in [-0.2, -0.15) is 0 Å². The van der Waals surface area contributed by atoms with Gasteiger partial charge in [0.25, 0.3) is 0 Å². The number of nitrogens with one attached hydrogen (secondary N) is 3. The van der Waals surface area contributed by atoms with Crippen molar-refractivity contribution in [2.24, 2.45) is 4.99 Å². The standard InChI is InChI=1S/C20H23FN4O.HI/c1-22-20(23-10-9-14-5-4-6-16(21)11-14)24-13-15-12-19(26)25-18-8-3-2-7-17(15)18;/h2-8,11,15H,9-10,12-13H2,1H3,(H,25,26)(H2,22,23,24);1H. The summed E-state index contributed by atoms with van der Waals surface area (Å²) in [7, 11) is 1.71. The molecule has 0 bridgehead atoms. The molecule has 7 heteroatoms. The predicted octanol–water partition coefficient (Wildman–Crippen LogP) is 3.28. The van der Waals surface area contributed by atoms with Gasteiger partial charge in [-0.15, -0.1) is 24.0 Å². The molecule has 3 rings (SSSR count). The maximum atomic E-state index is 13.2. The van der Waals surface area contributed by atoms with Crippen molar-refractivity contribution in [3.63, 3.8) is 0 Å². The van der Waals surface area contributed by atoms with Crippen LogP contribution in [-0.4, -0.2) is 32.0 Å². The summed E-state index contributed by atoms with van der Waals surface area (Å²) in [6, 6.07) is 14.5. The van der Waals surface area contributed by atoms with Gasteiger partial charge in [0.2, 0.25) is 5.91 Å². The highest BCUT2D eigenvalue weighted by Gasteiger charge is 2.24. The first-order chi connectivity index (χ1) is 12.7. The molecule has 1 unspecified atom stereocenters.